The molecule has 3 aromatic rings. The van der Waals surface area contributed by atoms with Gasteiger partial charge in [0.25, 0.3) is 5.91 Å². The number of hydrogen-bond donors (Lipinski definition) is 2. The molecule has 0 spiro atoms. The molecule has 0 radical (unpaired) electrons. The van der Waals surface area contributed by atoms with E-state index in [0.29, 0.717) is 17.0 Å². The van der Waals surface area contributed by atoms with Crippen molar-refractivity contribution in [2.24, 2.45) is 5.92 Å². The molecule has 0 bridgehead atoms. The van der Waals surface area contributed by atoms with Gasteiger partial charge in [0, 0.05) is 24.5 Å². The van der Waals surface area contributed by atoms with Gasteiger partial charge in [-0.25, -0.2) is 14.4 Å². The Morgan fingerprint density at radius 1 is 1.23 bits per heavy atom. The average molecular weight is 423 g/mol. The molecule has 9 heteroatoms. The predicted octanol–water partition coefficient (Wildman–Crippen LogP) is 2.54. The Morgan fingerprint density at radius 2 is 2.00 bits per heavy atom. The quantitative estimate of drug-likeness (QED) is 0.573. The number of hydrogen-bond acceptors (Lipinski definition) is 7. The summed E-state index contributed by atoms with van der Waals surface area (Å²) in [6, 6.07) is 5.66. The van der Waals surface area contributed by atoms with Crippen LogP contribution >= 0.6 is 0 Å². The number of amides is 1. The highest BCUT2D eigenvalue weighted by atomic mass is 19.1. The molecule has 0 saturated heterocycles. The number of nitrogens with zero attached hydrogens (tertiary/aromatic N) is 4. The lowest BCUT2D eigenvalue weighted by atomic mass is 10.0. The Hall–Kier alpha value is -3.46. The molecule has 1 aliphatic carbocycles. The average Bonchev–Trinajstić information content (AvgIpc) is 3.64. The maximum Gasteiger partial charge on any atom is 0.271 e. The molecule has 2 N–H and O–H groups in total. The van der Waals surface area contributed by atoms with Crippen LogP contribution in [-0.2, 0) is 6.61 Å². The van der Waals surface area contributed by atoms with E-state index in [4.69, 9.17) is 4.74 Å². The van der Waals surface area contributed by atoms with E-state index in [0.717, 1.165) is 12.8 Å². The largest absolute Gasteiger partial charge is 0.470 e. The van der Waals surface area contributed by atoms with Gasteiger partial charge in [0.05, 0.1) is 23.7 Å². The van der Waals surface area contributed by atoms with Gasteiger partial charge >= 0.3 is 0 Å². The summed E-state index contributed by atoms with van der Waals surface area (Å²) >= 11 is 0. The molecule has 1 amide bonds. The minimum absolute atomic E-state index is 0.0674. The third-order valence-electron chi connectivity index (χ3n) is 5.13. The summed E-state index contributed by atoms with van der Waals surface area (Å²) in [4.78, 5) is 29.4. The van der Waals surface area contributed by atoms with E-state index in [1.54, 1.807) is 25.5 Å². The van der Waals surface area contributed by atoms with Crippen molar-refractivity contribution < 1.29 is 19.0 Å². The van der Waals surface area contributed by atoms with E-state index < -0.39 is 17.3 Å². The van der Waals surface area contributed by atoms with Gasteiger partial charge in [-0.15, -0.1) is 0 Å². The number of carbonyl (C=O) groups is 1. The van der Waals surface area contributed by atoms with Crippen molar-refractivity contribution in [3.63, 3.8) is 0 Å². The van der Waals surface area contributed by atoms with Crippen LogP contribution in [0.1, 0.15) is 35.9 Å². The summed E-state index contributed by atoms with van der Waals surface area (Å²) in [6.45, 7) is 1.94. The van der Waals surface area contributed by atoms with Crippen molar-refractivity contribution in [3.8, 4) is 17.1 Å². The van der Waals surface area contributed by atoms with Crippen molar-refractivity contribution in [1.82, 2.24) is 25.3 Å². The lowest BCUT2D eigenvalue weighted by Gasteiger charge is -2.23. The number of aromatic nitrogens is 4. The van der Waals surface area contributed by atoms with Crippen LogP contribution in [0.3, 0.4) is 0 Å². The number of nitrogens with one attached hydrogen (secondary N) is 1. The standard InChI is InChI=1S/C22H22FN5O3/c1-22(30,15-4-5-15)13-27-20(29)18-11-26-21(31-12-17-10-24-8-9-25-17)19(28-18)14-2-6-16(23)7-3-14/h2-3,6-11,15,30H,4-5,12-13H2,1H3,(H,27,29)/t22-/m0/s1. The van der Waals surface area contributed by atoms with Gasteiger partial charge in [-0.2, -0.15) is 0 Å². The Balaban J connectivity index is 1.56. The zero-order chi connectivity index (χ0) is 21.8. The van der Waals surface area contributed by atoms with Crippen molar-refractivity contribution >= 4 is 5.91 Å². The predicted molar refractivity (Wildman–Crippen MR) is 109 cm³/mol. The van der Waals surface area contributed by atoms with Gasteiger partial charge in [0.2, 0.25) is 5.88 Å². The monoisotopic (exact) mass is 423 g/mol. The van der Waals surface area contributed by atoms with E-state index in [1.165, 1.54) is 30.5 Å². The van der Waals surface area contributed by atoms with Gasteiger partial charge in [-0.3, -0.25) is 14.8 Å². The van der Waals surface area contributed by atoms with E-state index in [-0.39, 0.29) is 30.6 Å². The zero-order valence-corrected chi connectivity index (χ0v) is 17.0. The van der Waals surface area contributed by atoms with E-state index >= 15 is 0 Å². The van der Waals surface area contributed by atoms with Gasteiger partial charge in [0.1, 0.15) is 23.8 Å². The molecule has 4 rings (SSSR count). The lowest BCUT2D eigenvalue weighted by Crippen LogP contribution is -2.42. The Bertz CT molecular complexity index is 1060. The van der Waals surface area contributed by atoms with Gasteiger partial charge in [-0.05, 0) is 49.9 Å². The molecule has 1 fully saturated rings. The van der Waals surface area contributed by atoms with Gasteiger partial charge in [0.15, 0.2) is 0 Å². The van der Waals surface area contributed by atoms with Crippen LogP contribution in [0.2, 0.25) is 0 Å². The first kappa shape index (κ1) is 20.8. The summed E-state index contributed by atoms with van der Waals surface area (Å²) in [5, 5.41) is 13.1. The molecule has 1 aromatic carbocycles. The SMILES string of the molecule is C[C@](O)(CNC(=O)c1cnc(OCc2cnccn2)c(-c2ccc(F)cc2)n1)C1CC1. The molecule has 1 aliphatic rings. The maximum atomic E-state index is 13.4. The lowest BCUT2D eigenvalue weighted by molar-refractivity contribution is 0.0353. The topological polar surface area (TPSA) is 110 Å². The molecule has 2 aromatic heterocycles. The fourth-order valence-electron chi connectivity index (χ4n) is 3.14. The summed E-state index contributed by atoms with van der Waals surface area (Å²) in [5.41, 5.74) is 0.548. The minimum Gasteiger partial charge on any atom is -0.470 e. The number of ether oxygens (including phenoxy) is 1. The van der Waals surface area contributed by atoms with Crippen LogP contribution < -0.4 is 10.1 Å². The molecule has 160 valence electrons. The number of carbonyl (C=O) groups excluding carboxylic acids is 1. The van der Waals surface area contributed by atoms with Gasteiger partial charge < -0.3 is 15.2 Å². The molecular weight excluding hydrogens is 401 g/mol. The molecular formula is C22H22FN5O3. The summed E-state index contributed by atoms with van der Waals surface area (Å²) < 4.78 is 19.1. The second kappa shape index (κ2) is 8.73. The number of aliphatic hydroxyl groups is 1. The highest BCUT2D eigenvalue weighted by Crippen LogP contribution is 2.39. The molecule has 1 atom stereocenters. The third-order valence-corrected chi connectivity index (χ3v) is 5.13. The summed E-state index contributed by atoms with van der Waals surface area (Å²) in [6.07, 6.45) is 7.89. The fourth-order valence-corrected chi connectivity index (χ4v) is 3.14. The Kier molecular flexibility index (Phi) is 5.85. The minimum atomic E-state index is -0.956. The zero-order valence-electron chi connectivity index (χ0n) is 17.0. The van der Waals surface area contributed by atoms with Crippen LogP contribution in [0.4, 0.5) is 4.39 Å². The Morgan fingerprint density at radius 3 is 2.68 bits per heavy atom. The molecule has 31 heavy (non-hydrogen) atoms. The highest BCUT2D eigenvalue weighted by molar-refractivity contribution is 5.92. The molecule has 0 unspecified atom stereocenters. The van der Waals surface area contributed by atoms with Gasteiger partial charge in [-0.1, -0.05) is 0 Å². The first-order chi connectivity index (χ1) is 14.9. The Labute approximate surface area is 178 Å². The van der Waals surface area contributed by atoms with Crippen molar-refractivity contribution in [3.05, 3.63) is 66.3 Å². The van der Waals surface area contributed by atoms with Crippen LogP contribution in [0.5, 0.6) is 5.88 Å². The molecule has 2 heterocycles. The number of rotatable bonds is 8. The number of halogens is 1. The first-order valence-electron chi connectivity index (χ1n) is 9.93. The molecule has 8 nitrogen and oxygen atoms in total. The first-order valence-corrected chi connectivity index (χ1v) is 9.93. The smallest absolute Gasteiger partial charge is 0.271 e. The summed E-state index contributed by atoms with van der Waals surface area (Å²) in [7, 11) is 0. The van der Waals surface area contributed by atoms with E-state index in [1.807, 2.05) is 0 Å². The normalized spacial score (nSPS) is 15.2. The molecule has 0 aliphatic heterocycles. The van der Waals surface area contributed by atoms with E-state index in [9.17, 15) is 14.3 Å². The molecule has 1 saturated carbocycles. The fraction of sp³-hybridized carbons (Fsp3) is 0.318. The second-order valence-corrected chi connectivity index (χ2v) is 7.72. The second-order valence-electron chi connectivity index (χ2n) is 7.72. The van der Waals surface area contributed by atoms with Crippen LogP contribution in [-0.4, -0.2) is 43.1 Å². The highest BCUT2D eigenvalue weighted by Gasteiger charge is 2.40. The van der Waals surface area contributed by atoms with Crippen LogP contribution in [0.25, 0.3) is 11.3 Å². The summed E-state index contributed by atoms with van der Waals surface area (Å²) in [5.74, 6) is -0.475. The van der Waals surface area contributed by atoms with Crippen molar-refractivity contribution in [1.29, 1.82) is 0 Å². The van der Waals surface area contributed by atoms with Crippen LogP contribution in [0, 0.1) is 11.7 Å². The number of benzene rings is 1. The van der Waals surface area contributed by atoms with Crippen LogP contribution in [0.15, 0.2) is 49.1 Å². The third kappa shape index (κ3) is 5.18. The maximum absolute atomic E-state index is 13.4. The van der Waals surface area contributed by atoms with Crippen molar-refractivity contribution in [2.45, 2.75) is 32.0 Å². The van der Waals surface area contributed by atoms with Crippen molar-refractivity contribution in [2.75, 3.05) is 6.54 Å². The van der Waals surface area contributed by atoms with E-state index in [2.05, 4.69) is 25.3 Å².